The van der Waals surface area contributed by atoms with Gasteiger partial charge in [0.1, 0.15) is 0 Å². The van der Waals surface area contributed by atoms with Gasteiger partial charge in [-0.05, 0) is 17.0 Å². The van der Waals surface area contributed by atoms with E-state index in [2.05, 4.69) is 72.5 Å². The van der Waals surface area contributed by atoms with Crippen LogP contribution in [-0.4, -0.2) is 17.3 Å². The zero-order chi connectivity index (χ0) is 14.2. The highest BCUT2D eigenvalue weighted by Gasteiger charge is 2.11. The van der Waals surface area contributed by atoms with E-state index in [1.165, 1.54) is 11.1 Å². The van der Waals surface area contributed by atoms with Gasteiger partial charge in [-0.3, -0.25) is 4.90 Å². The molecule has 0 aliphatic rings. The van der Waals surface area contributed by atoms with E-state index in [1.807, 2.05) is 0 Å². The molecule has 106 valence electrons. The summed E-state index contributed by atoms with van der Waals surface area (Å²) in [5.74, 6) is 1.21. The number of hydrogen-bond donors (Lipinski definition) is 0. The minimum Gasteiger partial charge on any atom is -0.295 e. The normalized spacial score (nSPS) is 12.6. The zero-order valence-electron chi connectivity index (χ0n) is 12.0. The maximum absolute atomic E-state index is 5.98. The van der Waals surface area contributed by atoms with Gasteiger partial charge in [0.25, 0.3) is 0 Å². The molecule has 0 aliphatic heterocycles. The van der Waals surface area contributed by atoms with Crippen molar-refractivity contribution in [2.45, 2.75) is 20.0 Å². The summed E-state index contributed by atoms with van der Waals surface area (Å²) in [6.07, 6.45) is 0. The SMILES string of the molecule is CC(CCl)CN(Cc1ccccc1)Cc1ccccc1. The molecule has 0 heterocycles. The smallest absolute Gasteiger partial charge is 0.0261 e. The first kappa shape index (κ1) is 15.1. The van der Waals surface area contributed by atoms with Crippen molar-refractivity contribution in [2.24, 2.45) is 5.92 Å². The predicted octanol–water partition coefficient (Wildman–Crippen LogP) is 4.56. The van der Waals surface area contributed by atoms with E-state index >= 15 is 0 Å². The van der Waals surface area contributed by atoms with Gasteiger partial charge in [0, 0.05) is 25.5 Å². The second-order valence-corrected chi connectivity index (χ2v) is 5.71. The average molecular weight is 288 g/mol. The summed E-state index contributed by atoms with van der Waals surface area (Å²) < 4.78 is 0. The molecule has 0 aliphatic carbocycles. The Bertz CT molecular complexity index is 442. The minimum atomic E-state index is 0.504. The van der Waals surface area contributed by atoms with Crippen LogP contribution in [0.5, 0.6) is 0 Å². The fourth-order valence-corrected chi connectivity index (χ4v) is 2.46. The summed E-state index contributed by atoms with van der Waals surface area (Å²) >= 11 is 5.98. The largest absolute Gasteiger partial charge is 0.295 e. The Morgan fingerprint density at radius 2 is 1.30 bits per heavy atom. The Kier molecular flexibility index (Phi) is 6.10. The van der Waals surface area contributed by atoms with Gasteiger partial charge in [0.2, 0.25) is 0 Å². The summed E-state index contributed by atoms with van der Waals surface area (Å²) in [5.41, 5.74) is 2.70. The Hall–Kier alpha value is -1.31. The molecule has 0 N–H and O–H groups in total. The Labute approximate surface area is 127 Å². The maximum atomic E-state index is 5.98. The van der Waals surface area contributed by atoms with E-state index in [0.29, 0.717) is 11.8 Å². The van der Waals surface area contributed by atoms with Crippen molar-refractivity contribution in [3.05, 3.63) is 71.8 Å². The second-order valence-electron chi connectivity index (χ2n) is 5.40. The molecule has 1 unspecified atom stereocenters. The molecular formula is C18H22ClN. The summed E-state index contributed by atoms with van der Waals surface area (Å²) in [5, 5.41) is 0. The first-order chi connectivity index (χ1) is 9.78. The third-order valence-corrected chi connectivity index (χ3v) is 3.86. The van der Waals surface area contributed by atoms with Crippen molar-refractivity contribution >= 4 is 11.6 Å². The molecule has 2 rings (SSSR count). The first-order valence-corrected chi connectivity index (χ1v) is 7.67. The summed E-state index contributed by atoms with van der Waals surface area (Å²) in [4.78, 5) is 2.47. The second kappa shape index (κ2) is 8.08. The van der Waals surface area contributed by atoms with Crippen LogP contribution in [0.4, 0.5) is 0 Å². The monoisotopic (exact) mass is 287 g/mol. The first-order valence-electron chi connectivity index (χ1n) is 7.14. The number of alkyl halides is 1. The lowest BCUT2D eigenvalue weighted by molar-refractivity contribution is 0.229. The van der Waals surface area contributed by atoms with E-state index in [9.17, 15) is 0 Å². The molecule has 0 aromatic heterocycles. The van der Waals surface area contributed by atoms with Crippen molar-refractivity contribution < 1.29 is 0 Å². The molecule has 0 saturated heterocycles. The molecular weight excluding hydrogens is 266 g/mol. The molecule has 2 aromatic rings. The van der Waals surface area contributed by atoms with Crippen molar-refractivity contribution in [3.63, 3.8) is 0 Å². The Balaban J connectivity index is 2.04. The van der Waals surface area contributed by atoms with E-state index in [4.69, 9.17) is 11.6 Å². The maximum Gasteiger partial charge on any atom is 0.0261 e. The van der Waals surface area contributed by atoms with Gasteiger partial charge in [0.15, 0.2) is 0 Å². The van der Waals surface area contributed by atoms with Gasteiger partial charge >= 0.3 is 0 Å². The number of hydrogen-bond acceptors (Lipinski definition) is 1. The van der Waals surface area contributed by atoms with Crippen LogP contribution in [-0.2, 0) is 13.1 Å². The van der Waals surface area contributed by atoms with Crippen LogP contribution >= 0.6 is 11.6 Å². The van der Waals surface area contributed by atoms with Gasteiger partial charge in [0.05, 0.1) is 0 Å². The van der Waals surface area contributed by atoms with Crippen LogP contribution in [0.3, 0.4) is 0 Å². The molecule has 0 saturated carbocycles. The predicted molar refractivity (Wildman–Crippen MR) is 86.9 cm³/mol. The third kappa shape index (κ3) is 4.99. The average Bonchev–Trinajstić information content (AvgIpc) is 2.49. The molecule has 1 nitrogen and oxygen atoms in total. The van der Waals surface area contributed by atoms with Crippen LogP contribution in [0, 0.1) is 5.92 Å². The van der Waals surface area contributed by atoms with E-state index in [-0.39, 0.29) is 0 Å². The van der Waals surface area contributed by atoms with Gasteiger partial charge in [-0.1, -0.05) is 67.6 Å². The molecule has 0 bridgehead atoms. The van der Waals surface area contributed by atoms with Crippen molar-refractivity contribution in [3.8, 4) is 0 Å². The van der Waals surface area contributed by atoms with Crippen molar-refractivity contribution in [2.75, 3.05) is 12.4 Å². The number of halogens is 1. The van der Waals surface area contributed by atoms with E-state index in [1.54, 1.807) is 0 Å². The molecule has 0 fully saturated rings. The van der Waals surface area contributed by atoms with Crippen LogP contribution in [0.1, 0.15) is 18.1 Å². The molecule has 1 atom stereocenters. The summed E-state index contributed by atoms with van der Waals surface area (Å²) in [7, 11) is 0. The molecule has 0 amide bonds. The molecule has 0 spiro atoms. The van der Waals surface area contributed by atoms with Gasteiger partial charge in [-0.25, -0.2) is 0 Å². The van der Waals surface area contributed by atoms with Crippen LogP contribution in [0.25, 0.3) is 0 Å². The lowest BCUT2D eigenvalue weighted by Crippen LogP contribution is -2.28. The fourth-order valence-electron chi connectivity index (χ4n) is 2.36. The Morgan fingerprint density at radius 3 is 1.70 bits per heavy atom. The minimum absolute atomic E-state index is 0.504. The highest BCUT2D eigenvalue weighted by atomic mass is 35.5. The van der Waals surface area contributed by atoms with Gasteiger partial charge < -0.3 is 0 Å². The fraction of sp³-hybridized carbons (Fsp3) is 0.333. The quantitative estimate of drug-likeness (QED) is 0.675. The molecule has 0 radical (unpaired) electrons. The van der Waals surface area contributed by atoms with E-state index in [0.717, 1.165) is 19.6 Å². The van der Waals surface area contributed by atoms with Crippen LogP contribution in [0.15, 0.2) is 60.7 Å². The lowest BCUT2D eigenvalue weighted by atomic mass is 10.1. The highest BCUT2D eigenvalue weighted by Crippen LogP contribution is 2.13. The number of rotatable bonds is 7. The highest BCUT2D eigenvalue weighted by molar-refractivity contribution is 6.18. The van der Waals surface area contributed by atoms with E-state index < -0.39 is 0 Å². The number of benzene rings is 2. The van der Waals surface area contributed by atoms with Crippen LogP contribution < -0.4 is 0 Å². The third-order valence-electron chi connectivity index (χ3n) is 3.33. The zero-order valence-corrected chi connectivity index (χ0v) is 12.8. The lowest BCUT2D eigenvalue weighted by Gasteiger charge is -2.25. The van der Waals surface area contributed by atoms with Gasteiger partial charge in [-0.15, -0.1) is 11.6 Å². The van der Waals surface area contributed by atoms with Crippen molar-refractivity contribution in [1.29, 1.82) is 0 Å². The molecule has 2 heteroatoms. The van der Waals surface area contributed by atoms with Crippen LogP contribution in [0.2, 0.25) is 0 Å². The summed E-state index contributed by atoms with van der Waals surface area (Å²) in [6.45, 7) is 5.16. The molecule has 20 heavy (non-hydrogen) atoms. The van der Waals surface area contributed by atoms with Crippen molar-refractivity contribution in [1.82, 2.24) is 4.90 Å². The summed E-state index contributed by atoms with van der Waals surface area (Å²) in [6, 6.07) is 21.3. The standard InChI is InChI=1S/C18H22ClN/c1-16(12-19)13-20(14-17-8-4-2-5-9-17)15-18-10-6-3-7-11-18/h2-11,16H,12-15H2,1H3. The topological polar surface area (TPSA) is 3.24 Å². The number of nitrogens with zero attached hydrogens (tertiary/aromatic N) is 1. The Morgan fingerprint density at radius 1 is 0.850 bits per heavy atom. The van der Waals surface area contributed by atoms with Gasteiger partial charge in [-0.2, -0.15) is 0 Å². The molecule has 2 aromatic carbocycles.